The van der Waals surface area contributed by atoms with E-state index >= 15 is 0 Å². The standard InChI is InChI=1S/C10H18N2O3S2/c1-5-6(2)7(3)12-17(14,15)9-8(4)11-10(13)16-9/h6-7,12H,5H2,1-4H3,(H,11,13). The molecule has 0 spiro atoms. The predicted molar refractivity (Wildman–Crippen MR) is 68.9 cm³/mol. The average molecular weight is 278 g/mol. The summed E-state index contributed by atoms with van der Waals surface area (Å²) in [6, 6.07) is -0.151. The van der Waals surface area contributed by atoms with Crippen LogP contribution in [-0.2, 0) is 10.0 Å². The fourth-order valence-corrected chi connectivity index (χ4v) is 4.08. The minimum absolute atomic E-state index is 0.0812. The molecule has 0 bridgehead atoms. The number of hydrogen-bond acceptors (Lipinski definition) is 4. The molecule has 0 aliphatic heterocycles. The first-order valence-corrected chi connectivity index (χ1v) is 7.80. The van der Waals surface area contributed by atoms with Crippen LogP contribution in [0.3, 0.4) is 0 Å². The summed E-state index contributed by atoms with van der Waals surface area (Å²) in [5.41, 5.74) is 0.392. The molecule has 5 nitrogen and oxygen atoms in total. The van der Waals surface area contributed by atoms with E-state index in [1.807, 2.05) is 20.8 Å². The maximum atomic E-state index is 12.0. The van der Waals surface area contributed by atoms with E-state index in [2.05, 4.69) is 9.71 Å². The number of aromatic nitrogens is 1. The molecule has 2 unspecified atom stereocenters. The van der Waals surface area contributed by atoms with Crippen LogP contribution in [0, 0.1) is 12.8 Å². The van der Waals surface area contributed by atoms with Gasteiger partial charge in [0.05, 0.1) is 0 Å². The molecular weight excluding hydrogens is 260 g/mol. The number of nitrogens with one attached hydrogen (secondary N) is 2. The summed E-state index contributed by atoms with van der Waals surface area (Å²) in [6.07, 6.45) is 0.895. The maximum absolute atomic E-state index is 12.0. The topological polar surface area (TPSA) is 79.0 Å². The number of aryl methyl sites for hydroxylation is 1. The zero-order valence-electron chi connectivity index (χ0n) is 10.4. The van der Waals surface area contributed by atoms with Crippen LogP contribution in [0.4, 0.5) is 0 Å². The molecule has 0 amide bonds. The average Bonchev–Trinajstić information content (AvgIpc) is 2.56. The monoisotopic (exact) mass is 278 g/mol. The second-order valence-electron chi connectivity index (χ2n) is 4.22. The van der Waals surface area contributed by atoms with Gasteiger partial charge in [0.2, 0.25) is 0 Å². The van der Waals surface area contributed by atoms with Gasteiger partial charge in [0.1, 0.15) is 0 Å². The first-order chi connectivity index (χ1) is 7.77. The number of rotatable bonds is 5. The van der Waals surface area contributed by atoms with Gasteiger partial charge in [-0.25, -0.2) is 13.1 Å². The Labute approximate surface area is 105 Å². The first kappa shape index (κ1) is 14.4. The Balaban J connectivity index is 2.97. The Hall–Kier alpha value is -0.660. The minimum atomic E-state index is -3.59. The third kappa shape index (κ3) is 3.40. The molecule has 1 aromatic heterocycles. The van der Waals surface area contributed by atoms with Crippen molar-refractivity contribution in [2.24, 2.45) is 5.92 Å². The van der Waals surface area contributed by atoms with Gasteiger partial charge in [0.15, 0.2) is 4.21 Å². The summed E-state index contributed by atoms with van der Waals surface area (Å²) in [6.45, 7) is 7.41. The summed E-state index contributed by atoms with van der Waals surface area (Å²) in [4.78, 5) is 13.2. The zero-order chi connectivity index (χ0) is 13.2. The van der Waals surface area contributed by atoms with Gasteiger partial charge in [-0.1, -0.05) is 31.6 Å². The summed E-state index contributed by atoms with van der Waals surface area (Å²) in [7, 11) is -3.59. The number of aromatic amines is 1. The molecule has 0 radical (unpaired) electrons. The van der Waals surface area contributed by atoms with Gasteiger partial charge in [0, 0.05) is 11.7 Å². The number of sulfonamides is 1. The van der Waals surface area contributed by atoms with E-state index in [-0.39, 0.29) is 21.0 Å². The molecule has 0 aliphatic carbocycles. The minimum Gasteiger partial charge on any atom is -0.315 e. The highest BCUT2D eigenvalue weighted by Gasteiger charge is 2.24. The van der Waals surface area contributed by atoms with E-state index in [0.29, 0.717) is 5.69 Å². The lowest BCUT2D eigenvalue weighted by atomic mass is 10.0. The highest BCUT2D eigenvalue weighted by molar-refractivity contribution is 7.91. The molecule has 2 atom stereocenters. The fraction of sp³-hybridized carbons (Fsp3) is 0.700. The SMILES string of the molecule is CCC(C)C(C)NS(=O)(=O)c1sc(=O)[nH]c1C. The summed E-state index contributed by atoms with van der Waals surface area (Å²) in [5, 5.41) is 0. The van der Waals surface area contributed by atoms with Crippen LogP contribution in [0.1, 0.15) is 32.9 Å². The summed E-state index contributed by atoms with van der Waals surface area (Å²) < 4.78 is 26.8. The Morgan fingerprint density at radius 3 is 2.41 bits per heavy atom. The van der Waals surface area contributed by atoms with Crippen molar-refractivity contribution in [1.29, 1.82) is 0 Å². The largest absolute Gasteiger partial charge is 0.315 e. The van der Waals surface area contributed by atoms with Gasteiger partial charge in [0.25, 0.3) is 10.0 Å². The van der Waals surface area contributed by atoms with Crippen molar-refractivity contribution in [3.8, 4) is 0 Å². The Kier molecular flexibility index (Phi) is 4.51. The molecule has 0 saturated heterocycles. The highest BCUT2D eigenvalue weighted by atomic mass is 32.2. The van der Waals surface area contributed by atoms with E-state index in [9.17, 15) is 13.2 Å². The van der Waals surface area contributed by atoms with Crippen molar-refractivity contribution >= 4 is 21.4 Å². The number of hydrogen-bond donors (Lipinski definition) is 2. The van der Waals surface area contributed by atoms with Gasteiger partial charge >= 0.3 is 4.87 Å². The highest BCUT2D eigenvalue weighted by Crippen LogP contribution is 2.17. The van der Waals surface area contributed by atoms with Gasteiger partial charge in [-0.2, -0.15) is 0 Å². The maximum Gasteiger partial charge on any atom is 0.305 e. The van der Waals surface area contributed by atoms with Crippen molar-refractivity contribution in [2.45, 2.75) is 44.4 Å². The van der Waals surface area contributed by atoms with E-state index in [1.165, 1.54) is 0 Å². The molecule has 0 saturated carbocycles. The molecule has 1 heterocycles. The van der Waals surface area contributed by atoms with Crippen molar-refractivity contribution < 1.29 is 8.42 Å². The van der Waals surface area contributed by atoms with Crippen LogP contribution in [0.15, 0.2) is 9.00 Å². The van der Waals surface area contributed by atoms with Crippen LogP contribution < -0.4 is 9.60 Å². The van der Waals surface area contributed by atoms with E-state index < -0.39 is 10.0 Å². The molecule has 0 fully saturated rings. The summed E-state index contributed by atoms with van der Waals surface area (Å²) in [5.74, 6) is 0.251. The molecule has 0 aliphatic rings. The number of H-pyrrole nitrogens is 1. The quantitative estimate of drug-likeness (QED) is 0.855. The fourth-order valence-electron chi connectivity index (χ4n) is 1.41. The molecular formula is C10H18N2O3S2. The lowest BCUT2D eigenvalue weighted by molar-refractivity contribution is 0.434. The third-order valence-electron chi connectivity index (χ3n) is 2.86. The number of thiazole rings is 1. The molecule has 1 aromatic rings. The lowest BCUT2D eigenvalue weighted by Crippen LogP contribution is -2.36. The van der Waals surface area contributed by atoms with Crippen LogP contribution in [0.25, 0.3) is 0 Å². The predicted octanol–water partition coefficient (Wildman–Crippen LogP) is 1.46. The molecule has 0 aromatic carbocycles. The van der Waals surface area contributed by atoms with Crippen molar-refractivity contribution in [3.05, 3.63) is 15.4 Å². The van der Waals surface area contributed by atoms with Crippen LogP contribution in [0.5, 0.6) is 0 Å². The van der Waals surface area contributed by atoms with E-state index in [4.69, 9.17) is 0 Å². The molecule has 17 heavy (non-hydrogen) atoms. The van der Waals surface area contributed by atoms with Crippen molar-refractivity contribution in [3.63, 3.8) is 0 Å². The van der Waals surface area contributed by atoms with E-state index in [0.717, 1.165) is 17.8 Å². The van der Waals surface area contributed by atoms with Crippen molar-refractivity contribution in [2.75, 3.05) is 0 Å². The van der Waals surface area contributed by atoms with Crippen LogP contribution >= 0.6 is 11.3 Å². The Bertz CT molecular complexity index is 530. The van der Waals surface area contributed by atoms with E-state index in [1.54, 1.807) is 6.92 Å². The van der Waals surface area contributed by atoms with Gasteiger partial charge in [-0.15, -0.1) is 0 Å². The smallest absolute Gasteiger partial charge is 0.305 e. The third-order valence-corrected chi connectivity index (χ3v) is 6.03. The Morgan fingerprint density at radius 1 is 1.41 bits per heavy atom. The molecule has 7 heteroatoms. The first-order valence-electron chi connectivity index (χ1n) is 5.50. The summed E-state index contributed by atoms with van der Waals surface area (Å²) >= 11 is 0.721. The zero-order valence-corrected chi connectivity index (χ0v) is 12.0. The molecule has 2 N–H and O–H groups in total. The molecule has 1 rings (SSSR count). The van der Waals surface area contributed by atoms with Crippen LogP contribution in [-0.4, -0.2) is 19.4 Å². The molecule has 98 valence electrons. The Morgan fingerprint density at radius 2 is 2.00 bits per heavy atom. The van der Waals surface area contributed by atoms with Crippen LogP contribution in [0.2, 0.25) is 0 Å². The van der Waals surface area contributed by atoms with Gasteiger partial charge < -0.3 is 4.98 Å². The second kappa shape index (κ2) is 5.32. The lowest BCUT2D eigenvalue weighted by Gasteiger charge is -2.19. The normalized spacial score (nSPS) is 15.8. The van der Waals surface area contributed by atoms with Gasteiger partial charge in [-0.05, 0) is 19.8 Å². The van der Waals surface area contributed by atoms with Gasteiger partial charge in [-0.3, -0.25) is 4.79 Å². The van der Waals surface area contributed by atoms with Crippen molar-refractivity contribution in [1.82, 2.24) is 9.71 Å². The second-order valence-corrected chi connectivity index (χ2v) is 7.11.